The predicted molar refractivity (Wildman–Crippen MR) is 106 cm³/mol. The van der Waals surface area contributed by atoms with Gasteiger partial charge in [-0.25, -0.2) is 9.18 Å². The number of rotatable bonds is 8. The van der Waals surface area contributed by atoms with Crippen molar-refractivity contribution in [3.05, 3.63) is 48.0 Å². The molecule has 0 aliphatic rings. The molecule has 0 aliphatic carbocycles. The zero-order chi connectivity index (χ0) is 20.1. The van der Waals surface area contributed by atoms with Gasteiger partial charge < -0.3 is 15.0 Å². The zero-order valence-electron chi connectivity index (χ0n) is 16.3. The average molecular weight is 385 g/mol. The lowest BCUT2D eigenvalue weighted by molar-refractivity contribution is 0.0602. The van der Waals surface area contributed by atoms with Crippen molar-refractivity contribution >= 4 is 28.4 Å². The number of benzene rings is 1. The maximum Gasteiger partial charge on any atom is 0.340 e. The number of fused-ring (bicyclic) bond motifs is 1. The van der Waals surface area contributed by atoms with Gasteiger partial charge in [0.05, 0.1) is 30.1 Å². The maximum atomic E-state index is 13.9. The van der Waals surface area contributed by atoms with Crippen molar-refractivity contribution in [2.45, 2.75) is 19.4 Å². The van der Waals surface area contributed by atoms with Gasteiger partial charge in [0, 0.05) is 18.1 Å². The smallest absolute Gasteiger partial charge is 0.340 e. The summed E-state index contributed by atoms with van der Waals surface area (Å²) in [5, 5.41) is 8.38. The number of carbonyl (C=O) groups is 1. The van der Waals surface area contributed by atoms with Crippen LogP contribution in [0.3, 0.4) is 0 Å². The van der Waals surface area contributed by atoms with Gasteiger partial charge in [0.15, 0.2) is 5.82 Å². The Hall–Kier alpha value is -3.00. The summed E-state index contributed by atoms with van der Waals surface area (Å²) in [6.07, 6.45) is 5.02. The van der Waals surface area contributed by atoms with Crippen LogP contribution in [-0.2, 0) is 11.3 Å². The second kappa shape index (κ2) is 8.79. The monoisotopic (exact) mass is 385 g/mol. The standard InChI is InChI=1S/C20H24FN5O2/c1-25(2)10-4-5-11-26-18-7-6-14(21)12-16(18)19(24-26)23-17-13-22-9-8-15(17)20(27)28-3/h6-9,12-13H,4-5,10-11H2,1-3H3,(H,23,24). The highest BCUT2D eigenvalue weighted by Gasteiger charge is 2.16. The first kappa shape index (κ1) is 19.8. The van der Waals surface area contributed by atoms with Crippen molar-refractivity contribution in [3.63, 3.8) is 0 Å². The summed E-state index contributed by atoms with van der Waals surface area (Å²) in [5.41, 5.74) is 1.62. The number of unbranched alkanes of at least 4 members (excludes halogenated alkanes) is 1. The molecule has 7 nitrogen and oxygen atoms in total. The van der Waals surface area contributed by atoms with Gasteiger partial charge in [-0.1, -0.05) is 0 Å². The number of aryl methyl sites for hydroxylation is 1. The normalized spacial score (nSPS) is 11.2. The zero-order valence-corrected chi connectivity index (χ0v) is 16.3. The third kappa shape index (κ3) is 4.45. The summed E-state index contributed by atoms with van der Waals surface area (Å²) >= 11 is 0. The van der Waals surface area contributed by atoms with E-state index >= 15 is 0 Å². The largest absolute Gasteiger partial charge is 0.465 e. The molecule has 8 heteroatoms. The van der Waals surface area contributed by atoms with Crippen LogP contribution in [0.25, 0.3) is 10.9 Å². The van der Waals surface area contributed by atoms with E-state index in [0.29, 0.717) is 29.0 Å². The van der Waals surface area contributed by atoms with Gasteiger partial charge in [-0.05, 0) is 57.7 Å². The Kier molecular flexibility index (Phi) is 6.20. The van der Waals surface area contributed by atoms with Crippen LogP contribution < -0.4 is 5.32 Å². The highest BCUT2D eigenvalue weighted by molar-refractivity contribution is 5.98. The number of ether oxygens (including phenoxy) is 1. The molecule has 0 unspecified atom stereocenters. The topological polar surface area (TPSA) is 72.3 Å². The lowest BCUT2D eigenvalue weighted by atomic mass is 10.2. The summed E-state index contributed by atoms with van der Waals surface area (Å²) in [4.78, 5) is 18.2. The van der Waals surface area contributed by atoms with Gasteiger partial charge >= 0.3 is 5.97 Å². The Labute approximate surface area is 163 Å². The van der Waals surface area contributed by atoms with Crippen LogP contribution in [0, 0.1) is 5.82 Å². The number of pyridine rings is 1. The minimum absolute atomic E-state index is 0.336. The first-order valence-corrected chi connectivity index (χ1v) is 9.09. The fourth-order valence-electron chi connectivity index (χ4n) is 3.01. The number of anilines is 2. The van der Waals surface area contributed by atoms with Gasteiger partial charge in [-0.2, -0.15) is 5.10 Å². The van der Waals surface area contributed by atoms with Crippen molar-refractivity contribution in [1.29, 1.82) is 0 Å². The van der Waals surface area contributed by atoms with E-state index in [1.54, 1.807) is 12.1 Å². The van der Waals surface area contributed by atoms with Gasteiger partial charge in [0.1, 0.15) is 5.82 Å². The van der Waals surface area contributed by atoms with Crippen LogP contribution in [0.15, 0.2) is 36.7 Å². The van der Waals surface area contributed by atoms with E-state index in [1.807, 2.05) is 18.8 Å². The molecular formula is C20H24FN5O2. The fraction of sp³-hybridized carbons (Fsp3) is 0.350. The number of methoxy groups -OCH3 is 1. The Balaban J connectivity index is 1.91. The molecule has 0 spiro atoms. The Morgan fingerprint density at radius 1 is 1.29 bits per heavy atom. The quantitative estimate of drug-likeness (QED) is 0.473. The number of carbonyl (C=O) groups excluding carboxylic acids is 1. The van der Waals surface area contributed by atoms with E-state index in [1.165, 1.54) is 31.6 Å². The third-order valence-corrected chi connectivity index (χ3v) is 4.42. The Morgan fingerprint density at radius 3 is 2.86 bits per heavy atom. The number of hydrogen-bond donors (Lipinski definition) is 1. The molecule has 0 bridgehead atoms. The third-order valence-electron chi connectivity index (χ3n) is 4.42. The molecule has 2 aromatic heterocycles. The molecule has 1 N–H and O–H groups in total. The minimum Gasteiger partial charge on any atom is -0.465 e. The molecule has 0 saturated heterocycles. The highest BCUT2D eigenvalue weighted by Crippen LogP contribution is 2.28. The number of hydrogen-bond acceptors (Lipinski definition) is 6. The van der Waals surface area contributed by atoms with Crippen LogP contribution in [0.4, 0.5) is 15.9 Å². The SMILES string of the molecule is COC(=O)c1ccncc1Nc1nn(CCCCN(C)C)c2ccc(F)cc12. The summed E-state index contributed by atoms with van der Waals surface area (Å²) in [7, 11) is 5.40. The second-order valence-electron chi connectivity index (χ2n) is 6.78. The fourth-order valence-corrected chi connectivity index (χ4v) is 3.01. The van der Waals surface area contributed by atoms with Crippen molar-refractivity contribution < 1.29 is 13.9 Å². The molecule has 0 amide bonds. The van der Waals surface area contributed by atoms with E-state index in [9.17, 15) is 9.18 Å². The first-order chi connectivity index (χ1) is 13.5. The Morgan fingerprint density at radius 2 is 2.11 bits per heavy atom. The number of aromatic nitrogens is 3. The van der Waals surface area contributed by atoms with Crippen LogP contribution in [0.5, 0.6) is 0 Å². The molecule has 1 aromatic carbocycles. The number of nitrogens with zero attached hydrogens (tertiary/aromatic N) is 4. The molecule has 0 fully saturated rings. The second-order valence-corrected chi connectivity index (χ2v) is 6.78. The van der Waals surface area contributed by atoms with E-state index < -0.39 is 5.97 Å². The molecule has 28 heavy (non-hydrogen) atoms. The number of halogens is 1. The van der Waals surface area contributed by atoms with Crippen molar-refractivity contribution in [3.8, 4) is 0 Å². The van der Waals surface area contributed by atoms with Crippen molar-refractivity contribution in [1.82, 2.24) is 19.7 Å². The van der Waals surface area contributed by atoms with Crippen LogP contribution in [-0.4, -0.2) is 53.4 Å². The summed E-state index contributed by atoms with van der Waals surface area (Å²) in [5.74, 6) is -0.356. The molecule has 0 atom stereocenters. The highest BCUT2D eigenvalue weighted by atomic mass is 19.1. The molecule has 0 saturated carbocycles. The van der Waals surface area contributed by atoms with Crippen LogP contribution >= 0.6 is 0 Å². The van der Waals surface area contributed by atoms with E-state index in [2.05, 4.69) is 20.3 Å². The maximum absolute atomic E-state index is 13.9. The summed E-state index contributed by atoms with van der Waals surface area (Å²) in [6, 6.07) is 6.15. The average Bonchev–Trinajstić information content (AvgIpc) is 3.01. The van der Waals surface area contributed by atoms with Gasteiger partial charge in [0.2, 0.25) is 0 Å². The molecule has 3 rings (SSSR count). The molecule has 0 radical (unpaired) electrons. The number of nitrogens with one attached hydrogen (secondary N) is 1. The van der Waals surface area contributed by atoms with Gasteiger partial charge in [-0.15, -0.1) is 0 Å². The predicted octanol–water partition coefficient (Wildman–Crippen LogP) is 3.44. The van der Waals surface area contributed by atoms with E-state index in [-0.39, 0.29) is 5.82 Å². The van der Waals surface area contributed by atoms with Crippen LogP contribution in [0.2, 0.25) is 0 Å². The summed E-state index contributed by atoms with van der Waals surface area (Å²) < 4.78 is 20.5. The van der Waals surface area contributed by atoms with E-state index in [4.69, 9.17) is 4.74 Å². The minimum atomic E-state index is -0.483. The molecule has 3 aromatic rings. The van der Waals surface area contributed by atoms with E-state index in [0.717, 1.165) is 24.9 Å². The van der Waals surface area contributed by atoms with Crippen molar-refractivity contribution in [2.24, 2.45) is 0 Å². The van der Waals surface area contributed by atoms with Gasteiger partial charge in [0.25, 0.3) is 0 Å². The van der Waals surface area contributed by atoms with Crippen molar-refractivity contribution in [2.75, 3.05) is 33.1 Å². The first-order valence-electron chi connectivity index (χ1n) is 9.09. The lowest BCUT2D eigenvalue weighted by Gasteiger charge is -2.09. The molecule has 2 heterocycles. The van der Waals surface area contributed by atoms with Crippen LogP contribution in [0.1, 0.15) is 23.2 Å². The number of esters is 1. The molecular weight excluding hydrogens is 361 g/mol. The summed E-state index contributed by atoms with van der Waals surface area (Å²) in [6.45, 7) is 1.71. The Bertz CT molecular complexity index is 970. The lowest BCUT2D eigenvalue weighted by Crippen LogP contribution is -2.13. The molecule has 148 valence electrons. The van der Waals surface area contributed by atoms with Gasteiger partial charge in [-0.3, -0.25) is 9.67 Å². The molecule has 0 aliphatic heterocycles.